The number of fused-ring (bicyclic) bond motifs is 2. The first-order chi connectivity index (χ1) is 10.5. The van der Waals surface area contributed by atoms with Gasteiger partial charge in [-0.1, -0.05) is 44.2 Å². The van der Waals surface area contributed by atoms with E-state index in [-0.39, 0.29) is 17.3 Å². The quantitative estimate of drug-likeness (QED) is 0.626. The topological polar surface area (TPSA) is 35.5 Å². The Hall–Kier alpha value is -2.29. The molecule has 22 heavy (non-hydrogen) atoms. The van der Waals surface area contributed by atoms with Crippen LogP contribution in [0.1, 0.15) is 30.9 Å². The minimum atomic E-state index is -0.557. The predicted octanol–water partition coefficient (Wildman–Crippen LogP) is 3.68. The highest BCUT2D eigenvalue weighted by molar-refractivity contribution is 5.97. The summed E-state index contributed by atoms with van der Waals surface area (Å²) < 4.78 is 10.8. The lowest BCUT2D eigenvalue weighted by atomic mass is 9.88. The Bertz CT molecular complexity index is 761. The molecule has 0 unspecified atom stereocenters. The van der Waals surface area contributed by atoms with E-state index in [0.717, 1.165) is 16.9 Å². The van der Waals surface area contributed by atoms with E-state index in [1.54, 1.807) is 7.11 Å². The molecule has 1 spiro atoms. The highest BCUT2D eigenvalue weighted by Crippen LogP contribution is 2.77. The maximum absolute atomic E-state index is 12.7. The van der Waals surface area contributed by atoms with E-state index in [9.17, 15) is 4.79 Å². The lowest BCUT2D eigenvalue weighted by Crippen LogP contribution is -2.24. The fraction of sp³-hybridized carbons (Fsp3) is 0.316. The largest absolute Gasteiger partial charge is 0.497 e. The van der Waals surface area contributed by atoms with Crippen molar-refractivity contribution < 1.29 is 14.3 Å². The smallest absolute Gasteiger partial charge is 0.323 e. The molecule has 2 aromatic rings. The number of benzene rings is 2. The van der Waals surface area contributed by atoms with E-state index >= 15 is 0 Å². The van der Waals surface area contributed by atoms with Crippen LogP contribution in [-0.2, 0) is 10.2 Å². The monoisotopic (exact) mass is 294 g/mol. The van der Waals surface area contributed by atoms with Crippen LogP contribution in [0.15, 0.2) is 48.5 Å². The molecule has 0 N–H and O–H groups in total. The summed E-state index contributed by atoms with van der Waals surface area (Å²) in [5.74, 6) is 1.53. The molecule has 0 amide bonds. The Balaban J connectivity index is 1.84. The van der Waals surface area contributed by atoms with Crippen LogP contribution < -0.4 is 9.47 Å². The van der Waals surface area contributed by atoms with Crippen molar-refractivity contribution in [1.82, 2.24) is 0 Å². The lowest BCUT2D eigenvalue weighted by molar-refractivity contribution is -0.136. The fourth-order valence-corrected chi connectivity index (χ4v) is 4.28. The molecule has 1 aliphatic heterocycles. The third-order valence-electron chi connectivity index (χ3n) is 5.37. The second-order valence-corrected chi connectivity index (χ2v) is 6.62. The molecular formula is C19H18O3. The van der Waals surface area contributed by atoms with Gasteiger partial charge in [-0.05, 0) is 29.2 Å². The Morgan fingerprint density at radius 1 is 1.05 bits per heavy atom. The van der Waals surface area contributed by atoms with Crippen molar-refractivity contribution in [3.05, 3.63) is 59.7 Å². The first-order valence-electron chi connectivity index (χ1n) is 7.49. The number of rotatable bonds is 2. The van der Waals surface area contributed by atoms with Crippen LogP contribution in [0.2, 0.25) is 0 Å². The molecule has 112 valence electrons. The lowest BCUT2D eigenvalue weighted by Gasteiger charge is -2.09. The maximum atomic E-state index is 12.7. The summed E-state index contributed by atoms with van der Waals surface area (Å²) >= 11 is 0. The Morgan fingerprint density at radius 3 is 2.41 bits per heavy atom. The summed E-state index contributed by atoms with van der Waals surface area (Å²) in [6.45, 7) is 4.29. The average Bonchev–Trinajstić information content (AvgIpc) is 2.89. The van der Waals surface area contributed by atoms with Gasteiger partial charge in [0.05, 0.1) is 7.11 Å². The van der Waals surface area contributed by atoms with Crippen LogP contribution in [0.3, 0.4) is 0 Å². The zero-order valence-corrected chi connectivity index (χ0v) is 12.9. The number of hydrogen-bond acceptors (Lipinski definition) is 3. The number of carbonyl (C=O) groups excluding carboxylic acids is 1. The van der Waals surface area contributed by atoms with Crippen molar-refractivity contribution in [2.24, 2.45) is 5.41 Å². The third kappa shape index (κ3) is 1.39. The van der Waals surface area contributed by atoms with E-state index in [1.807, 2.05) is 48.5 Å². The summed E-state index contributed by atoms with van der Waals surface area (Å²) in [7, 11) is 1.65. The fourth-order valence-electron chi connectivity index (χ4n) is 4.28. The van der Waals surface area contributed by atoms with E-state index < -0.39 is 5.41 Å². The van der Waals surface area contributed by atoms with Gasteiger partial charge < -0.3 is 9.47 Å². The maximum Gasteiger partial charge on any atom is 0.323 e. The number of para-hydroxylation sites is 1. The van der Waals surface area contributed by atoms with Gasteiger partial charge in [0.25, 0.3) is 0 Å². The van der Waals surface area contributed by atoms with Crippen molar-refractivity contribution in [2.45, 2.75) is 25.2 Å². The highest BCUT2D eigenvalue weighted by Gasteiger charge is 2.80. The van der Waals surface area contributed by atoms with Crippen molar-refractivity contribution >= 4 is 5.97 Å². The van der Waals surface area contributed by atoms with Gasteiger partial charge in [0.15, 0.2) is 0 Å². The highest BCUT2D eigenvalue weighted by atomic mass is 16.5. The molecule has 2 atom stereocenters. The minimum Gasteiger partial charge on any atom is -0.497 e. The number of carbonyl (C=O) groups is 1. The number of methoxy groups -OCH3 is 1. The molecule has 2 aliphatic rings. The molecule has 0 radical (unpaired) electrons. The molecule has 1 saturated carbocycles. The van der Waals surface area contributed by atoms with E-state index in [2.05, 4.69) is 13.8 Å². The molecule has 1 heterocycles. The zero-order valence-electron chi connectivity index (χ0n) is 12.9. The molecule has 0 saturated heterocycles. The van der Waals surface area contributed by atoms with Crippen LogP contribution in [-0.4, -0.2) is 13.1 Å². The number of ether oxygens (including phenoxy) is 2. The Kier molecular flexibility index (Phi) is 2.51. The van der Waals surface area contributed by atoms with Crippen molar-refractivity contribution in [2.75, 3.05) is 7.11 Å². The molecule has 1 aliphatic carbocycles. The standard InChI is InChI=1S/C19H18O3/c1-18(2)16(12-8-10-13(21-3)11-9-12)19(18)14-6-4-5-7-15(14)22-17(19)20/h4-11,16H,1-3H3/t16-,19+/m0/s1. The molecule has 3 heteroatoms. The third-order valence-corrected chi connectivity index (χ3v) is 5.37. The van der Waals surface area contributed by atoms with Crippen molar-refractivity contribution in [1.29, 1.82) is 0 Å². The van der Waals surface area contributed by atoms with Crippen LogP contribution >= 0.6 is 0 Å². The van der Waals surface area contributed by atoms with Crippen LogP contribution in [0.4, 0.5) is 0 Å². The predicted molar refractivity (Wildman–Crippen MR) is 83.3 cm³/mol. The second kappa shape index (κ2) is 4.13. The van der Waals surface area contributed by atoms with Crippen molar-refractivity contribution in [3.63, 3.8) is 0 Å². The summed E-state index contributed by atoms with van der Waals surface area (Å²) in [4.78, 5) is 12.7. The normalized spacial score (nSPS) is 27.4. The molecular weight excluding hydrogens is 276 g/mol. The second-order valence-electron chi connectivity index (χ2n) is 6.62. The van der Waals surface area contributed by atoms with Gasteiger partial charge in [0.1, 0.15) is 16.9 Å². The van der Waals surface area contributed by atoms with Crippen LogP contribution in [0.5, 0.6) is 11.5 Å². The SMILES string of the molecule is COc1ccc([C@H]2C(C)(C)[C@@]23C(=O)Oc2ccccc23)cc1. The van der Waals surface area contributed by atoms with Gasteiger partial charge in [-0.2, -0.15) is 0 Å². The van der Waals surface area contributed by atoms with Gasteiger partial charge in [-0.3, -0.25) is 4.79 Å². The van der Waals surface area contributed by atoms with Crippen molar-refractivity contribution in [3.8, 4) is 11.5 Å². The van der Waals surface area contributed by atoms with Gasteiger partial charge in [-0.25, -0.2) is 0 Å². The molecule has 4 rings (SSSR count). The first-order valence-corrected chi connectivity index (χ1v) is 7.49. The van der Waals surface area contributed by atoms with Gasteiger partial charge >= 0.3 is 5.97 Å². The van der Waals surface area contributed by atoms with E-state index in [4.69, 9.17) is 9.47 Å². The van der Waals surface area contributed by atoms with Crippen LogP contribution in [0.25, 0.3) is 0 Å². The summed E-state index contributed by atoms with van der Waals surface area (Å²) in [5, 5.41) is 0. The molecule has 1 fully saturated rings. The molecule has 3 nitrogen and oxygen atoms in total. The van der Waals surface area contributed by atoms with E-state index in [1.165, 1.54) is 0 Å². The number of esters is 1. The Labute approximate surface area is 129 Å². The zero-order chi connectivity index (χ0) is 15.5. The minimum absolute atomic E-state index is 0.125. The summed E-state index contributed by atoms with van der Waals surface area (Å²) in [6, 6.07) is 15.8. The van der Waals surface area contributed by atoms with Gasteiger partial charge in [0.2, 0.25) is 0 Å². The summed E-state index contributed by atoms with van der Waals surface area (Å²) in [5.41, 5.74) is 1.45. The molecule has 0 aromatic heterocycles. The Morgan fingerprint density at radius 2 is 1.73 bits per heavy atom. The molecule has 2 aromatic carbocycles. The van der Waals surface area contributed by atoms with Crippen LogP contribution in [0, 0.1) is 5.41 Å². The number of hydrogen-bond donors (Lipinski definition) is 0. The molecule has 0 bridgehead atoms. The van der Waals surface area contributed by atoms with E-state index in [0.29, 0.717) is 5.75 Å². The van der Waals surface area contributed by atoms with Gasteiger partial charge in [0, 0.05) is 11.5 Å². The summed E-state index contributed by atoms with van der Waals surface area (Å²) in [6.07, 6.45) is 0. The first kappa shape index (κ1) is 13.4. The average molecular weight is 294 g/mol. The van der Waals surface area contributed by atoms with Gasteiger partial charge in [-0.15, -0.1) is 0 Å².